The number of nitrogens with zero attached hydrogens (tertiary/aromatic N) is 1. The zero-order valence-corrected chi connectivity index (χ0v) is 19.5. The lowest BCUT2D eigenvalue weighted by Gasteiger charge is -2.08. The third kappa shape index (κ3) is 5.93. The molecule has 0 atom stereocenters. The highest BCUT2D eigenvalue weighted by Crippen LogP contribution is 2.30. The summed E-state index contributed by atoms with van der Waals surface area (Å²) in [5.74, 6) is 0.322. The first-order valence-electron chi connectivity index (χ1n) is 9.42. The third-order valence-corrected chi connectivity index (χ3v) is 6.07. The van der Waals surface area contributed by atoms with E-state index in [0.717, 1.165) is 22.1 Å². The molecule has 0 unspecified atom stereocenters. The van der Waals surface area contributed by atoms with Crippen molar-refractivity contribution in [3.63, 3.8) is 0 Å². The number of nitrogens with one attached hydrogen (secondary N) is 2. The Balaban J connectivity index is 1.33. The largest absolute Gasteiger partial charge is 0.484 e. The van der Waals surface area contributed by atoms with Crippen LogP contribution in [0.15, 0.2) is 72.1 Å². The highest BCUT2D eigenvalue weighted by Gasteiger charge is 2.08. The SMILES string of the molecule is O=C(COc1ccc(Cl)cc1)Nc1ccc(-c2csc(Nc3ccc(Cl)c(Cl)c3)n2)cc1. The Morgan fingerprint density at radius 2 is 1.62 bits per heavy atom. The molecule has 0 saturated heterocycles. The second-order valence-corrected chi connectivity index (χ2v) is 8.77. The predicted molar refractivity (Wildman–Crippen MR) is 133 cm³/mol. The molecule has 2 N–H and O–H groups in total. The number of carbonyl (C=O) groups is 1. The van der Waals surface area contributed by atoms with Gasteiger partial charge < -0.3 is 15.4 Å². The van der Waals surface area contributed by atoms with Crippen LogP contribution in [-0.4, -0.2) is 17.5 Å². The highest BCUT2D eigenvalue weighted by molar-refractivity contribution is 7.14. The van der Waals surface area contributed by atoms with Crippen LogP contribution >= 0.6 is 46.1 Å². The van der Waals surface area contributed by atoms with E-state index in [9.17, 15) is 4.79 Å². The van der Waals surface area contributed by atoms with Gasteiger partial charge in [0, 0.05) is 27.3 Å². The maximum Gasteiger partial charge on any atom is 0.262 e. The first-order valence-corrected chi connectivity index (χ1v) is 11.4. The van der Waals surface area contributed by atoms with Crippen molar-refractivity contribution >= 4 is 68.6 Å². The third-order valence-electron chi connectivity index (χ3n) is 4.32. The van der Waals surface area contributed by atoms with Gasteiger partial charge in [0.1, 0.15) is 5.75 Å². The molecule has 0 fully saturated rings. The van der Waals surface area contributed by atoms with Crippen molar-refractivity contribution in [1.29, 1.82) is 0 Å². The van der Waals surface area contributed by atoms with Gasteiger partial charge in [-0.1, -0.05) is 46.9 Å². The van der Waals surface area contributed by atoms with Gasteiger partial charge in [-0.2, -0.15) is 0 Å². The molecule has 1 aromatic heterocycles. The molecule has 0 bridgehead atoms. The molecule has 0 aliphatic carbocycles. The first-order chi connectivity index (χ1) is 15.5. The minimum Gasteiger partial charge on any atom is -0.484 e. The topological polar surface area (TPSA) is 63.2 Å². The van der Waals surface area contributed by atoms with Crippen molar-refractivity contribution in [3.8, 4) is 17.0 Å². The van der Waals surface area contributed by atoms with E-state index in [1.165, 1.54) is 11.3 Å². The van der Waals surface area contributed by atoms with E-state index in [4.69, 9.17) is 39.5 Å². The van der Waals surface area contributed by atoms with Crippen molar-refractivity contribution in [2.75, 3.05) is 17.2 Å². The number of benzene rings is 3. The van der Waals surface area contributed by atoms with Crippen LogP contribution in [0.25, 0.3) is 11.3 Å². The van der Waals surface area contributed by atoms with E-state index >= 15 is 0 Å². The molecule has 4 rings (SSSR count). The number of carbonyl (C=O) groups excluding carboxylic acids is 1. The summed E-state index contributed by atoms with van der Waals surface area (Å²) >= 11 is 19.3. The van der Waals surface area contributed by atoms with Crippen LogP contribution in [0.1, 0.15) is 0 Å². The molecule has 9 heteroatoms. The molecule has 0 aliphatic heterocycles. The van der Waals surface area contributed by atoms with Crippen molar-refractivity contribution in [3.05, 3.63) is 87.2 Å². The fourth-order valence-electron chi connectivity index (χ4n) is 2.76. The Morgan fingerprint density at radius 3 is 2.34 bits per heavy atom. The number of thiazole rings is 1. The molecule has 4 aromatic rings. The number of aromatic nitrogens is 1. The summed E-state index contributed by atoms with van der Waals surface area (Å²) in [7, 11) is 0. The maximum atomic E-state index is 12.1. The molecule has 0 aliphatic rings. The predicted octanol–water partition coefficient (Wildman–Crippen LogP) is 7.53. The first kappa shape index (κ1) is 22.4. The van der Waals surface area contributed by atoms with Crippen LogP contribution in [-0.2, 0) is 4.79 Å². The number of ether oxygens (including phenoxy) is 1. The normalized spacial score (nSPS) is 10.6. The summed E-state index contributed by atoms with van der Waals surface area (Å²) in [6.45, 7) is -0.0980. The van der Waals surface area contributed by atoms with E-state index in [0.29, 0.717) is 26.5 Å². The Bertz CT molecular complexity index is 1230. The molecular formula is C23H16Cl3N3O2S. The smallest absolute Gasteiger partial charge is 0.262 e. The number of halogens is 3. The van der Waals surface area contributed by atoms with Crippen LogP contribution in [0.5, 0.6) is 5.75 Å². The molecule has 0 spiro atoms. The average Bonchev–Trinajstić information content (AvgIpc) is 3.25. The maximum absolute atomic E-state index is 12.1. The second kappa shape index (κ2) is 10.2. The molecule has 5 nitrogen and oxygen atoms in total. The highest BCUT2D eigenvalue weighted by atomic mass is 35.5. The average molecular weight is 505 g/mol. The van der Waals surface area contributed by atoms with E-state index in [-0.39, 0.29) is 12.5 Å². The van der Waals surface area contributed by atoms with Crippen LogP contribution in [0.4, 0.5) is 16.5 Å². The Kier molecular flexibility index (Phi) is 7.17. The molecule has 3 aromatic carbocycles. The van der Waals surface area contributed by atoms with Crippen LogP contribution in [0, 0.1) is 0 Å². The monoisotopic (exact) mass is 503 g/mol. The molecule has 0 radical (unpaired) electrons. The van der Waals surface area contributed by atoms with Gasteiger partial charge in [-0.05, 0) is 54.6 Å². The lowest BCUT2D eigenvalue weighted by Crippen LogP contribution is -2.20. The van der Waals surface area contributed by atoms with Crippen LogP contribution in [0.2, 0.25) is 15.1 Å². The molecule has 162 valence electrons. The number of amides is 1. The zero-order chi connectivity index (χ0) is 22.5. The summed E-state index contributed by atoms with van der Waals surface area (Å²) in [5.41, 5.74) is 3.22. The Labute approximate surface area is 203 Å². The molecule has 0 saturated carbocycles. The van der Waals surface area contributed by atoms with Gasteiger partial charge in [0.05, 0.1) is 15.7 Å². The minimum absolute atomic E-state index is 0.0980. The van der Waals surface area contributed by atoms with E-state index < -0.39 is 0 Å². The molecular weight excluding hydrogens is 489 g/mol. The molecule has 1 amide bonds. The second-order valence-electron chi connectivity index (χ2n) is 6.66. The summed E-state index contributed by atoms with van der Waals surface area (Å²) in [6.07, 6.45) is 0. The van der Waals surface area contributed by atoms with Gasteiger partial charge in [0.2, 0.25) is 0 Å². The van der Waals surface area contributed by atoms with Crippen LogP contribution < -0.4 is 15.4 Å². The number of rotatable bonds is 7. The zero-order valence-electron chi connectivity index (χ0n) is 16.4. The van der Waals surface area contributed by atoms with Crippen molar-refractivity contribution in [2.45, 2.75) is 0 Å². The number of hydrogen-bond acceptors (Lipinski definition) is 5. The molecule has 32 heavy (non-hydrogen) atoms. The van der Waals surface area contributed by atoms with Gasteiger partial charge in [0.15, 0.2) is 11.7 Å². The standard InChI is InChI=1S/C23H16Cl3N3O2S/c24-15-3-8-18(9-4-15)31-12-22(30)27-16-5-1-14(2-6-16)21-13-32-23(29-21)28-17-7-10-19(25)20(26)11-17/h1-11,13H,12H2,(H,27,30)(H,28,29). The van der Waals surface area contributed by atoms with Gasteiger partial charge in [-0.15, -0.1) is 11.3 Å². The minimum atomic E-state index is -0.255. The fourth-order valence-corrected chi connectivity index (χ4v) is 3.93. The van der Waals surface area contributed by atoms with Crippen LogP contribution in [0.3, 0.4) is 0 Å². The summed E-state index contributed by atoms with van der Waals surface area (Å²) < 4.78 is 5.45. The summed E-state index contributed by atoms with van der Waals surface area (Å²) in [6, 6.07) is 19.6. The number of anilines is 3. The number of hydrogen-bond donors (Lipinski definition) is 2. The Morgan fingerprint density at radius 1 is 0.906 bits per heavy atom. The quantitative estimate of drug-likeness (QED) is 0.273. The van der Waals surface area contributed by atoms with Crippen molar-refractivity contribution in [1.82, 2.24) is 4.98 Å². The lowest BCUT2D eigenvalue weighted by molar-refractivity contribution is -0.118. The Hall–Kier alpha value is -2.77. The van der Waals surface area contributed by atoms with E-state index in [2.05, 4.69) is 15.6 Å². The van der Waals surface area contributed by atoms with Gasteiger partial charge in [-0.25, -0.2) is 4.98 Å². The van der Waals surface area contributed by atoms with Gasteiger partial charge >= 0.3 is 0 Å². The van der Waals surface area contributed by atoms with Crippen molar-refractivity contribution < 1.29 is 9.53 Å². The van der Waals surface area contributed by atoms with Crippen molar-refractivity contribution in [2.24, 2.45) is 0 Å². The van der Waals surface area contributed by atoms with E-state index in [1.54, 1.807) is 36.4 Å². The van der Waals surface area contributed by atoms with Gasteiger partial charge in [0.25, 0.3) is 5.91 Å². The fraction of sp³-hybridized carbons (Fsp3) is 0.0435. The molecule has 1 heterocycles. The van der Waals surface area contributed by atoms with E-state index in [1.807, 2.05) is 35.7 Å². The summed E-state index contributed by atoms with van der Waals surface area (Å²) in [4.78, 5) is 16.7. The summed E-state index contributed by atoms with van der Waals surface area (Å²) in [5, 5.41) is 10.3. The van der Waals surface area contributed by atoms with Gasteiger partial charge in [-0.3, -0.25) is 4.79 Å². The lowest BCUT2D eigenvalue weighted by atomic mass is 10.1.